The topological polar surface area (TPSA) is 0 Å². The Bertz CT molecular complexity index is 8.00. The van der Waals surface area contributed by atoms with Gasteiger partial charge >= 0.3 is 23.1 Å². The summed E-state index contributed by atoms with van der Waals surface area (Å²) in [6.45, 7) is 0. The average molecular weight is 394 g/mol. The Morgan fingerprint density at radius 3 is 1.00 bits per heavy atom. The number of hydrogen-bond donors (Lipinski definition) is 0. The summed E-state index contributed by atoms with van der Waals surface area (Å²) in [6.07, 6.45) is 0. The van der Waals surface area contributed by atoms with Crippen molar-refractivity contribution >= 4 is 23.1 Å². The Morgan fingerprint density at radius 2 is 1.00 bits per heavy atom. The fraction of sp³-hybridized carbons (Fsp3) is 0. The molecule has 0 saturated heterocycles. The molecule has 0 aliphatic heterocycles. The summed E-state index contributed by atoms with van der Waals surface area (Å²) >= 11 is 0. The molecule has 0 saturated carbocycles. The van der Waals surface area contributed by atoms with Crippen molar-refractivity contribution in [1.82, 2.24) is 0 Å². The standard InChI is InChI=1S/Ce.La.Mg.Y.2H. The molecule has 0 bridgehead atoms. The maximum atomic E-state index is 0. The first-order chi connectivity index (χ1) is 0. The molecule has 0 rings (SSSR count). The molecule has 0 N–H and O–H groups in total. The van der Waals surface area contributed by atoms with Crippen LogP contribution >= 0.6 is 0 Å². The van der Waals surface area contributed by atoms with Gasteiger partial charge in [0.15, 0.2) is 0 Å². The van der Waals surface area contributed by atoms with Gasteiger partial charge in [-0.05, 0) is 0 Å². The molecular formula is H2CeLaMgY. The summed E-state index contributed by atoms with van der Waals surface area (Å²) < 4.78 is 0. The van der Waals surface area contributed by atoms with Gasteiger partial charge in [-0.15, -0.1) is 0 Å². The van der Waals surface area contributed by atoms with Crippen molar-refractivity contribution < 1.29 is 110 Å². The summed E-state index contributed by atoms with van der Waals surface area (Å²) in [6, 6.07) is 0. The molecule has 0 spiro atoms. The molecule has 4 heavy (non-hydrogen) atoms. The van der Waals surface area contributed by atoms with E-state index < -0.39 is 0 Å². The fourth-order valence-corrected chi connectivity index (χ4v) is 0. The molecule has 4 heteroatoms. The quantitative estimate of drug-likeness (QED) is 0.467. The molecule has 0 atom stereocenters. The Labute approximate surface area is 129 Å². The predicted molar refractivity (Wildman–Crippen MR) is 8.54 cm³/mol. The number of rotatable bonds is 0. The molecule has 14 valence electrons. The maximum Gasteiger partial charge on any atom is 0.316 e. The Balaban J connectivity index is 0. The van der Waals surface area contributed by atoms with Crippen LogP contribution in [0.15, 0.2) is 0 Å². The van der Waals surface area contributed by atoms with Crippen molar-refractivity contribution in [2.45, 2.75) is 0 Å². The van der Waals surface area contributed by atoms with E-state index >= 15 is 0 Å². The Kier molecular flexibility index (Phi) is 92.7. The first-order valence-corrected chi connectivity index (χ1v) is 0. The van der Waals surface area contributed by atoms with Crippen LogP contribution in [0.4, 0.5) is 0 Å². The van der Waals surface area contributed by atoms with Crippen molar-refractivity contribution in [3.63, 3.8) is 0 Å². The van der Waals surface area contributed by atoms with Gasteiger partial charge in [-0.1, -0.05) is 0 Å². The van der Waals surface area contributed by atoms with Gasteiger partial charge in [0.25, 0.3) is 0 Å². The molecule has 0 aliphatic carbocycles. The molecule has 2 radical (unpaired) electrons. The van der Waals surface area contributed by atoms with Crippen LogP contribution in [0.2, 0.25) is 0 Å². The van der Waals surface area contributed by atoms with Gasteiger partial charge in [-0.2, -0.15) is 0 Å². The Morgan fingerprint density at radius 1 is 1.00 bits per heavy atom. The zero-order chi connectivity index (χ0) is 0. The van der Waals surface area contributed by atoms with E-state index in [0.29, 0.717) is 0 Å². The van der Waals surface area contributed by atoms with E-state index in [1.807, 2.05) is 0 Å². The van der Waals surface area contributed by atoms with Crippen LogP contribution in [0.25, 0.3) is 0 Å². The first kappa shape index (κ1) is 23.7. The zero-order valence-corrected chi connectivity index (χ0v) is 11.3. The van der Waals surface area contributed by atoms with Crippen molar-refractivity contribution in [2.24, 2.45) is 0 Å². The fourth-order valence-electron chi connectivity index (χ4n) is 0. The summed E-state index contributed by atoms with van der Waals surface area (Å²) in [4.78, 5) is 0. The van der Waals surface area contributed by atoms with Gasteiger partial charge in [0.1, 0.15) is 0 Å². The van der Waals surface area contributed by atoms with Gasteiger partial charge in [0.2, 0.25) is 0 Å². The predicted octanol–water partition coefficient (Wildman–Crippen LogP) is -0.919. The maximum absolute atomic E-state index is 0. The van der Waals surface area contributed by atoms with Gasteiger partial charge in [-0.25, -0.2) is 0 Å². The van der Waals surface area contributed by atoms with E-state index in [0.717, 1.165) is 0 Å². The minimum atomic E-state index is 0. The molecule has 0 aliphatic rings. The van der Waals surface area contributed by atoms with Crippen LogP contribution in [-0.4, -0.2) is 23.1 Å². The molecular weight excluding hydrogens is 392 g/mol. The van der Waals surface area contributed by atoms with E-state index in [-0.39, 0.29) is 133 Å². The SMILES string of the molecule is [Ce].[La].[MgH2].[Y]. The minimum Gasteiger partial charge on any atom is 0 e. The molecule has 0 aromatic carbocycles. The molecule has 0 nitrogen and oxygen atoms in total. The van der Waals surface area contributed by atoms with Crippen molar-refractivity contribution in [1.29, 1.82) is 0 Å². The summed E-state index contributed by atoms with van der Waals surface area (Å²) in [5.74, 6) is 0. The van der Waals surface area contributed by atoms with Crippen LogP contribution < -0.4 is 0 Å². The minimum absolute atomic E-state index is 0. The molecule has 0 heterocycles. The normalized spacial score (nSPS) is 0. The third kappa shape index (κ3) is 9.67. The van der Waals surface area contributed by atoms with Crippen LogP contribution in [0, 0.1) is 77.3 Å². The second-order valence-corrected chi connectivity index (χ2v) is 0. The third-order valence-electron chi connectivity index (χ3n) is 0. The van der Waals surface area contributed by atoms with Gasteiger partial charge in [0, 0.05) is 110 Å². The zero-order valence-electron chi connectivity index (χ0n) is 1.65. The van der Waals surface area contributed by atoms with Crippen LogP contribution in [-0.2, 0) is 32.7 Å². The number of hydrogen-bond acceptors (Lipinski definition) is 0. The largest absolute Gasteiger partial charge is 0.316 e. The second kappa shape index (κ2) is 15.7. The smallest absolute Gasteiger partial charge is 0 e. The van der Waals surface area contributed by atoms with Gasteiger partial charge in [-0.3, -0.25) is 0 Å². The molecule has 0 aromatic heterocycles. The molecule has 0 amide bonds. The molecule has 0 aromatic rings. The average Bonchev–Trinajstić information content (AvgIpc) is 0. The summed E-state index contributed by atoms with van der Waals surface area (Å²) in [5, 5.41) is 0. The van der Waals surface area contributed by atoms with Crippen molar-refractivity contribution in [2.75, 3.05) is 0 Å². The van der Waals surface area contributed by atoms with Crippen molar-refractivity contribution in [3.8, 4) is 0 Å². The second-order valence-electron chi connectivity index (χ2n) is 0. The molecule has 0 fully saturated rings. The van der Waals surface area contributed by atoms with Crippen LogP contribution in [0.3, 0.4) is 0 Å². The van der Waals surface area contributed by atoms with E-state index in [4.69, 9.17) is 0 Å². The van der Waals surface area contributed by atoms with Gasteiger partial charge in [0.05, 0.1) is 0 Å². The summed E-state index contributed by atoms with van der Waals surface area (Å²) in [5.41, 5.74) is 0. The van der Waals surface area contributed by atoms with Gasteiger partial charge < -0.3 is 0 Å². The summed E-state index contributed by atoms with van der Waals surface area (Å²) in [7, 11) is 0. The third-order valence-corrected chi connectivity index (χ3v) is 0. The monoisotopic (exact) mass is 394 g/mol. The first-order valence-electron chi connectivity index (χ1n) is 0. The van der Waals surface area contributed by atoms with E-state index in [1.54, 1.807) is 0 Å². The molecule has 0 unspecified atom stereocenters. The van der Waals surface area contributed by atoms with E-state index in [1.165, 1.54) is 0 Å². The van der Waals surface area contributed by atoms with E-state index in [9.17, 15) is 0 Å². The Hall–Kier alpha value is 4.44. The van der Waals surface area contributed by atoms with Crippen LogP contribution in [0.1, 0.15) is 0 Å². The van der Waals surface area contributed by atoms with E-state index in [2.05, 4.69) is 0 Å². The van der Waals surface area contributed by atoms with Crippen LogP contribution in [0.5, 0.6) is 0 Å². The van der Waals surface area contributed by atoms with Crippen molar-refractivity contribution in [3.05, 3.63) is 0 Å².